The second-order valence-electron chi connectivity index (χ2n) is 13.7. The highest BCUT2D eigenvalue weighted by Gasteiger charge is 2.50. The van der Waals surface area contributed by atoms with E-state index in [9.17, 15) is 0 Å². The number of aromatic nitrogens is 2. The third-order valence-corrected chi connectivity index (χ3v) is 12.0. The fourth-order valence-corrected chi connectivity index (χ4v) is 9.77. The van der Waals surface area contributed by atoms with Crippen LogP contribution in [0.15, 0.2) is 196 Å². The highest BCUT2D eigenvalue weighted by molar-refractivity contribution is 7.99. The first-order valence-electron chi connectivity index (χ1n) is 17.9. The third-order valence-electron chi connectivity index (χ3n) is 10.9. The molecule has 2 aliphatic rings. The summed E-state index contributed by atoms with van der Waals surface area (Å²) in [5.41, 5.74) is 15.3. The van der Waals surface area contributed by atoms with Gasteiger partial charge in [-0.2, -0.15) is 0 Å². The molecule has 0 radical (unpaired) electrons. The Hall–Kier alpha value is -6.49. The van der Waals surface area contributed by atoms with E-state index in [1.807, 2.05) is 30.0 Å². The number of benzene rings is 7. The van der Waals surface area contributed by atoms with E-state index in [1.54, 1.807) is 6.26 Å². The van der Waals surface area contributed by atoms with E-state index in [0.717, 1.165) is 50.2 Å². The summed E-state index contributed by atoms with van der Waals surface area (Å²) >= 11 is 1.84. The van der Waals surface area contributed by atoms with E-state index in [0.29, 0.717) is 5.82 Å². The van der Waals surface area contributed by atoms with Crippen LogP contribution in [0.25, 0.3) is 67.1 Å². The Kier molecular flexibility index (Phi) is 6.70. The van der Waals surface area contributed by atoms with Crippen molar-refractivity contribution >= 4 is 22.7 Å². The largest absolute Gasteiger partial charge is 0.464 e. The van der Waals surface area contributed by atoms with Gasteiger partial charge in [-0.05, 0) is 80.9 Å². The van der Waals surface area contributed by atoms with Gasteiger partial charge in [-0.15, -0.1) is 0 Å². The second kappa shape index (κ2) is 11.8. The van der Waals surface area contributed by atoms with Gasteiger partial charge in [0.1, 0.15) is 5.58 Å². The van der Waals surface area contributed by atoms with Crippen LogP contribution in [0, 0.1) is 0 Å². The van der Waals surface area contributed by atoms with E-state index in [1.165, 1.54) is 43.2 Å². The van der Waals surface area contributed by atoms with Crippen molar-refractivity contribution in [3.63, 3.8) is 0 Å². The molecule has 9 aromatic rings. The Balaban J connectivity index is 1.14. The van der Waals surface area contributed by atoms with Gasteiger partial charge in [0.05, 0.1) is 23.1 Å². The topological polar surface area (TPSA) is 38.9 Å². The van der Waals surface area contributed by atoms with Crippen LogP contribution in [0.4, 0.5) is 0 Å². The molecule has 248 valence electrons. The van der Waals surface area contributed by atoms with Crippen LogP contribution in [0.3, 0.4) is 0 Å². The minimum atomic E-state index is -0.497. The second-order valence-corrected chi connectivity index (χ2v) is 14.8. The number of furan rings is 1. The van der Waals surface area contributed by atoms with Gasteiger partial charge in [-0.1, -0.05) is 151 Å². The maximum absolute atomic E-state index is 6.04. The number of rotatable bonds is 4. The van der Waals surface area contributed by atoms with Gasteiger partial charge in [0.2, 0.25) is 0 Å². The van der Waals surface area contributed by atoms with Gasteiger partial charge >= 0.3 is 0 Å². The van der Waals surface area contributed by atoms with Crippen LogP contribution in [-0.2, 0) is 5.41 Å². The van der Waals surface area contributed by atoms with Crippen molar-refractivity contribution in [1.29, 1.82) is 0 Å². The molecule has 7 aromatic carbocycles. The quantitative estimate of drug-likeness (QED) is 0.184. The van der Waals surface area contributed by atoms with Crippen molar-refractivity contribution in [3.8, 4) is 56.2 Å². The summed E-state index contributed by atoms with van der Waals surface area (Å²) in [6, 6.07) is 62.9. The molecule has 3 heterocycles. The summed E-state index contributed by atoms with van der Waals surface area (Å²) in [7, 11) is 0. The first kappa shape index (κ1) is 30.2. The molecule has 0 bridgehead atoms. The summed E-state index contributed by atoms with van der Waals surface area (Å²) in [4.78, 5) is 12.9. The molecular weight excluding hydrogens is 665 g/mol. The lowest BCUT2D eigenvalue weighted by Crippen LogP contribution is -2.32. The normalized spacial score (nSPS) is 15.2. The van der Waals surface area contributed by atoms with E-state index >= 15 is 0 Å². The summed E-state index contributed by atoms with van der Waals surface area (Å²) in [6.07, 6.45) is 1.79. The fourth-order valence-electron chi connectivity index (χ4n) is 8.54. The molecular formula is C49H30N2OS. The van der Waals surface area contributed by atoms with E-state index in [2.05, 4.69) is 158 Å². The van der Waals surface area contributed by atoms with E-state index in [4.69, 9.17) is 14.4 Å². The van der Waals surface area contributed by atoms with Crippen LogP contribution < -0.4 is 0 Å². The van der Waals surface area contributed by atoms with Gasteiger partial charge in [-0.25, -0.2) is 9.97 Å². The summed E-state index contributed by atoms with van der Waals surface area (Å²) < 4.78 is 6.04. The number of fused-ring (bicyclic) bond motifs is 10. The molecule has 0 saturated carbocycles. The predicted octanol–water partition coefficient (Wildman–Crippen LogP) is 12.7. The first-order chi connectivity index (χ1) is 26.3. The van der Waals surface area contributed by atoms with Crippen LogP contribution in [0.5, 0.6) is 0 Å². The summed E-state index contributed by atoms with van der Waals surface area (Å²) in [6.45, 7) is 0. The zero-order valence-electron chi connectivity index (χ0n) is 28.5. The Bertz CT molecular complexity index is 2880. The molecule has 0 N–H and O–H groups in total. The Morgan fingerprint density at radius 1 is 0.415 bits per heavy atom. The number of hydrogen-bond acceptors (Lipinski definition) is 4. The van der Waals surface area contributed by atoms with Gasteiger partial charge in [0.15, 0.2) is 5.82 Å². The van der Waals surface area contributed by atoms with Crippen molar-refractivity contribution < 1.29 is 4.42 Å². The van der Waals surface area contributed by atoms with Gasteiger partial charge in [-0.3, -0.25) is 0 Å². The van der Waals surface area contributed by atoms with Crippen molar-refractivity contribution in [2.45, 2.75) is 15.2 Å². The fraction of sp³-hybridized carbons (Fsp3) is 0.0204. The first-order valence-corrected chi connectivity index (χ1v) is 18.7. The van der Waals surface area contributed by atoms with Crippen LogP contribution in [0.1, 0.15) is 22.3 Å². The lowest BCUT2D eigenvalue weighted by atomic mass is 9.67. The Labute approximate surface area is 311 Å². The molecule has 1 atom stereocenters. The standard InChI is InChI=1S/C49H30N2OS/c1-3-13-31(14-4-1)35-17-7-8-19-37(35)44-30-43(50-48(51-44)32-15-5-2-6-16-32)33-23-24-41-47(28-33)53-46-22-12-11-21-40(46)49(41)39-20-10-9-18-36(39)38-27-34-25-26-52-45(34)29-42(38)49/h1-30H. The molecule has 1 spiro atoms. The highest BCUT2D eigenvalue weighted by Crippen LogP contribution is 2.62. The van der Waals surface area contributed by atoms with E-state index in [-0.39, 0.29) is 0 Å². The predicted molar refractivity (Wildman–Crippen MR) is 215 cm³/mol. The zero-order valence-corrected chi connectivity index (χ0v) is 29.3. The molecule has 4 heteroatoms. The molecule has 11 rings (SSSR count). The van der Waals surface area contributed by atoms with Crippen molar-refractivity contribution in [1.82, 2.24) is 9.97 Å². The van der Waals surface area contributed by atoms with Gasteiger partial charge in [0, 0.05) is 31.9 Å². The lowest BCUT2D eigenvalue weighted by molar-refractivity contribution is 0.614. The average Bonchev–Trinajstić information content (AvgIpc) is 3.81. The van der Waals surface area contributed by atoms with Crippen molar-refractivity contribution in [2.24, 2.45) is 0 Å². The molecule has 0 amide bonds. The summed E-state index contributed by atoms with van der Waals surface area (Å²) in [5, 5.41) is 1.12. The molecule has 0 saturated heterocycles. The number of nitrogens with zero attached hydrogens (tertiary/aromatic N) is 2. The average molecular weight is 695 g/mol. The molecule has 0 fully saturated rings. The molecule has 2 aromatic heterocycles. The minimum Gasteiger partial charge on any atom is -0.464 e. The van der Waals surface area contributed by atoms with Gasteiger partial charge < -0.3 is 4.42 Å². The van der Waals surface area contributed by atoms with E-state index < -0.39 is 5.41 Å². The lowest BCUT2D eigenvalue weighted by Gasteiger charge is -2.39. The van der Waals surface area contributed by atoms with Gasteiger partial charge in [0.25, 0.3) is 0 Å². The maximum atomic E-state index is 6.04. The Morgan fingerprint density at radius 2 is 1.08 bits per heavy atom. The third kappa shape index (κ3) is 4.56. The molecule has 1 aliphatic carbocycles. The monoisotopic (exact) mass is 694 g/mol. The maximum Gasteiger partial charge on any atom is 0.160 e. The molecule has 1 aliphatic heterocycles. The molecule has 1 unspecified atom stereocenters. The van der Waals surface area contributed by atoms with Crippen molar-refractivity contribution in [2.75, 3.05) is 0 Å². The molecule has 3 nitrogen and oxygen atoms in total. The van der Waals surface area contributed by atoms with Crippen LogP contribution >= 0.6 is 11.8 Å². The minimum absolute atomic E-state index is 0.497. The highest BCUT2D eigenvalue weighted by atomic mass is 32.2. The smallest absolute Gasteiger partial charge is 0.160 e. The number of hydrogen-bond donors (Lipinski definition) is 0. The van der Waals surface area contributed by atoms with Crippen molar-refractivity contribution in [3.05, 3.63) is 204 Å². The Morgan fingerprint density at radius 3 is 1.91 bits per heavy atom. The SMILES string of the molecule is c1ccc(-c2nc(-c3ccc4c(c3)Sc3ccccc3C43c4ccccc4-c4cc5ccoc5cc43)cc(-c3ccccc3-c3ccccc3)n2)cc1. The van der Waals surface area contributed by atoms with Crippen LogP contribution in [0.2, 0.25) is 0 Å². The zero-order chi connectivity index (χ0) is 34.9. The molecule has 53 heavy (non-hydrogen) atoms. The summed E-state index contributed by atoms with van der Waals surface area (Å²) in [5.74, 6) is 0.703. The van der Waals surface area contributed by atoms with Crippen LogP contribution in [-0.4, -0.2) is 9.97 Å².